The summed E-state index contributed by atoms with van der Waals surface area (Å²) in [7, 11) is 0. The molecule has 2 N–H and O–H groups in total. The number of benzene rings is 2. The number of carbonyl (C=O) groups is 3. The number of hydrogen-bond donors (Lipinski definition) is 2. The molecule has 2 aliphatic heterocycles. The molecule has 7 heteroatoms. The molecule has 0 spiro atoms. The van der Waals surface area contributed by atoms with E-state index in [2.05, 4.69) is 29.6 Å². The Bertz CT molecular complexity index is 1060. The van der Waals surface area contributed by atoms with Gasteiger partial charge in [-0.25, -0.2) is 4.79 Å². The summed E-state index contributed by atoms with van der Waals surface area (Å²) in [6.45, 7) is 2.03. The summed E-state index contributed by atoms with van der Waals surface area (Å²) in [6, 6.07) is 16.0. The number of carboxylic acid groups (broad SMARTS) is 1. The first-order valence-electron chi connectivity index (χ1n) is 12.1. The maximum Gasteiger partial charge on any atom is 0.407 e. The zero-order chi connectivity index (χ0) is 23.8. The second kappa shape index (κ2) is 9.12. The van der Waals surface area contributed by atoms with Crippen molar-refractivity contribution in [3.8, 4) is 11.1 Å². The first-order chi connectivity index (χ1) is 16.4. The Balaban J connectivity index is 1.15. The monoisotopic (exact) mass is 462 g/mol. The van der Waals surface area contributed by atoms with Crippen LogP contribution in [0.4, 0.5) is 4.79 Å². The molecule has 0 radical (unpaired) electrons. The van der Waals surface area contributed by atoms with E-state index in [0.717, 1.165) is 24.0 Å². The Kier molecular flexibility index (Phi) is 6.02. The SMILES string of the molecule is CC(CC(=O)N1C2CCC1CC(C(=O)O)C2)NC(=O)OCC1c2ccccc2-c2ccccc21. The van der Waals surface area contributed by atoms with Crippen molar-refractivity contribution >= 4 is 18.0 Å². The number of fused-ring (bicyclic) bond motifs is 5. The van der Waals surface area contributed by atoms with Gasteiger partial charge in [0.1, 0.15) is 6.61 Å². The van der Waals surface area contributed by atoms with Crippen LogP contribution >= 0.6 is 0 Å². The summed E-state index contributed by atoms with van der Waals surface area (Å²) in [6.07, 6.45) is 2.39. The number of hydrogen-bond acceptors (Lipinski definition) is 4. The van der Waals surface area contributed by atoms with Gasteiger partial charge in [0.25, 0.3) is 0 Å². The van der Waals surface area contributed by atoms with Gasteiger partial charge in [-0.2, -0.15) is 0 Å². The second-order valence-corrected chi connectivity index (χ2v) is 9.77. The Hall–Kier alpha value is -3.35. The van der Waals surface area contributed by atoms with E-state index < -0.39 is 12.1 Å². The average molecular weight is 463 g/mol. The molecular weight excluding hydrogens is 432 g/mol. The number of carboxylic acids is 1. The van der Waals surface area contributed by atoms with Crippen molar-refractivity contribution in [3.05, 3.63) is 59.7 Å². The van der Waals surface area contributed by atoms with Gasteiger partial charge >= 0.3 is 12.1 Å². The van der Waals surface area contributed by atoms with E-state index >= 15 is 0 Å². The fourth-order valence-corrected chi connectivity index (χ4v) is 6.05. The van der Waals surface area contributed by atoms with E-state index in [-0.39, 0.29) is 48.9 Å². The van der Waals surface area contributed by atoms with Gasteiger partial charge in [0.15, 0.2) is 0 Å². The fraction of sp³-hybridized carbons (Fsp3) is 0.444. The highest BCUT2D eigenvalue weighted by atomic mass is 16.5. The van der Waals surface area contributed by atoms with Gasteiger partial charge in [-0.1, -0.05) is 48.5 Å². The molecule has 7 nitrogen and oxygen atoms in total. The molecular formula is C27H30N2O5. The molecule has 2 aromatic carbocycles. The molecule has 2 amide bonds. The van der Waals surface area contributed by atoms with E-state index in [9.17, 15) is 19.5 Å². The lowest BCUT2D eigenvalue weighted by molar-refractivity contribution is -0.148. The summed E-state index contributed by atoms with van der Waals surface area (Å²) < 4.78 is 5.59. The van der Waals surface area contributed by atoms with E-state index in [1.165, 1.54) is 11.1 Å². The number of amides is 2. The molecule has 34 heavy (non-hydrogen) atoms. The van der Waals surface area contributed by atoms with Gasteiger partial charge in [-0.15, -0.1) is 0 Å². The smallest absolute Gasteiger partial charge is 0.407 e. The molecule has 0 aromatic heterocycles. The highest BCUT2D eigenvalue weighted by Crippen LogP contribution is 2.44. The highest BCUT2D eigenvalue weighted by Gasteiger charge is 2.45. The minimum Gasteiger partial charge on any atom is -0.481 e. The third-order valence-corrected chi connectivity index (χ3v) is 7.56. The van der Waals surface area contributed by atoms with Crippen molar-refractivity contribution in [3.63, 3.8) is 0 Å². The molecule has 2 fully saturated rings. The minimum atomic E-state index is -0.769. The minimum absolute atomic E-state index is 0.00555. The van der Waals surface area contributed by atoms with Crippen LogP contribution in [0.2, 0.25) is 0 Å². The van der Waals surface area contributed by atoms with Gasteiger partial charge < -0.3 is 20.1 Å². The van der Waals surface area contributed by atoms with Crippen LogP contribution in [0.25, 0.3) is 11.1 Å². The summed E-state index contributed by atoms with van der Waals surface area (Å²) in [5.74, 6) is -1.17. The molecule has 3 atom stereocenters. The summed E-state index contributed by atoms with van der Waals surface area (Å²) >= 11 is 0. The molecule has 2 bridgehead atoms. The number of alkyl carbamates (subject to hydrolysis) is 1. The maximum absolute atomic E-state index is 13.0. The molecule has 5 rings (SSSR count). The van der Waals surface area contributed by atoms with Gasteiger partial charge in [0, 0.05) is 30.5 Å². The van der Waals surface area contributed by atoms with Crippen molar-refractivity contribution in [1.82, 2.24) is 10.2 Å². The molecule has 178 valence electrons. The molecule has 2 saturated heterocycles. The quantitative estimate of drug-likeness (QED) is 0.672. The number of piperidine rings is 1. The van der Waals surface area contributed by atoms with Crippen molar-refractivity contribution in [2.45, 2.75) is 63.1 Å². The molecule has 0 saturated carbocycles. The molecule has 2 aromatic rings. The Morgan fingerprint density at radius 2 is 1.56 bits per heavy atom. The van der Waals surface area contributed by atoms with Gasteiger partial charge in [-0.3, -0.25) is 9.59 Å². The molecule has 3 aliphatic rings. The van der Waals surface area contributed by atoms with Crippen LogP contribution in [0.3, 0.4) is 0 Å². The summed E-state index contributed by atoms with van der Waals surface area (Å²) in [5.41, 5.74) is 4.65. The molecule has 1 aliphatic carbocycles. The van der Waals surface area contributed by atoms with Crippen LogP contribution < -0.4 is 5.32 Å². The van der Waals surface area contributed by atoms with Crippen molar-refractivity contribution in [2.24, 2.45) is 5.92 Å². The normalized spacial score (nSPS) is 23.7. The zero-order valence-electron chi connectivity index (χ0n) is 19.3. The van der Waals surface area contributed by atoms with Crippen molar-refractivity contribution in [2.75, 3.05) is 6.61 Å². The third-order valence-electron chi connectivity index (χ3n) is 7.56. The second-order valence-electron chi connectivity index (χ2n) is 9.77. The van der Waals surface area contributed by atoms with Crippen LogP contribution in [0.5, 0.6) is 0 Å². The van der Waals surface area contributed by atoms with E-state index in [1.807, 2.05) is 29.2 Å². The highest BCUT2D eigenvalue weighted by molar-refractivity contribution is 5.80. The van der Waals surface area contributed by atoms with Crippen molar-refractivity contribution in [1.29, 1.82) is 0 Å². The molecule has 3 unspecified atom stereocenters. The Labute approximate surface area is 199 Å². The van der Waals surface area contributed by atoms with Crippen molar-refractivity contribution < 1.29 is 24.2 Å². The third kappa shape index (κ3) is 4.15. The van der Waals surface area contributed by atoms with Crippen LogP contribution in [-0.2, 0) is 14.3 Å². The predicted molar refractivity (Wildman–Crippen MR) is 126 cm³/mol. The van der Waals surface area contributed by atoms with E-state index in [4.69, 9.17) is 4.74 Å². The number of nitrogens with zero attached hydrogens (tertiary/aromatic N) is 1. The summed E-state index contributed by atoms with van der Waals surface area (Å²) in [4.78, 5) is 38.7. The Morgan fingerprint density at radius 1 is 1.00 bits per heavy atom. The number of aliphatic carboxylic acids is 1. The maximum atomic E-state index is 13.0. The van der Waals surface area contributed by atoms with Gasteiger partial charge in [0.2, 0.25) is 5.91 Å². The van der Waals surface area contributed by atoms with E-state index in [0.29, 0.717) is 12.8 Å². The lowest BCUT2D eigenvalue weighted by atomic mass is 9.90. The van der Waals surface area contributed by atoms with Crippen LogP contribution in [0, 0.1) is 5.92 Å². The largest absolute Gasteiger partial charge is 0.481 e. The number of nitrogens with one attached hydrogen (secondary N) is 1. The van der Waals surface area contributed by atoms with E-state index in [1.54, 1.807) is 6.92 Å². The first kappa shape index (κ1) is 22.4. The lowest BCUT2D eigenvalue weighted by Crippen LogP contribution is -2.49. The number of rotatable bonds is 6. The van der Waals surface area contributed by atoms with Gasteiger partial charge in [0.05, 0.1) is 5.92 Å². The molecule has 2 heterocycles. The standard InChI is InChI=1S/C27H30N2O5/c1-16(12-25(30)29-18-10-11-19(29)14-17(13-18)26(31)32)28-27(33)34-15-24-22-8-4-2-6-20(22)21-7-3-5-9-23(21)24/h2-9,16-19,24H,10-15H2,1H3,(H,28,33)(H,31,32). The number of ether oxygens (including phenoxy) is 1. The fourth-order valence-electron chi connectivity index (χ4n) is 6.05. The lowest BCUT2D eigenvalue weighted by Gasteiger charge is -2.38. The number of carbonyl (C=O) groups excluding carboxylic acids is 2. The first-order valence-corrected chi connectivity index (χ1v) is 12.1. The van der Waals surface area contributed by atoms with Gasteiger partial charge in [-0.05, 0) is 54.9 Å². The zero-order valence-corrected chi connectivity index (χ0v) is 19.3. The van der Waals surface area contributed by atoms with Crippen LogP contribution in [0.1, 0.15) is 56.1 Å². The predicted octanol–water partition coefficient (Wildman–Crippen LogP) is 4.16. The van der Waals surface area contributed by atoms with Crippen LogP contribution in [-0.4, -0.2) is 52.7 Å². The van der Waals surface area contributed by atoms with Crippen LogP contribution in [0.15, 0.2) is 48.5 Å². The Morgan fingerprint density at radius 3 is 2.12 bits per heavy atom. The topological polar surface area (TPSA) is 95.9 Å². The average Bonchev–Trinajstić information content (AvgIpc) is 3.28. The summed E-state index contributed by atoms with van der Waals surface area (Å²) in [5, 5.41) is 12.1.